The predicted octanol–water partition coefficient (Wildman–Crippen LogP) is 3.12. The molecule has 0 unspecified atom stereocenters. The molecule has 0 rings (SSSR count). The number of nitrogens with one attached hydrogen (secondary N) is 1. The van der Waals surface area contributed by atoms with Crippen molar-refractivity contribution in [2.75, 3.05) is 0 Å². The maximum atomic E-state index is 3.97. The second-order valence-corrected chi connectivity index (χ2v) is 2.67. The molecular formula is C15H16N2. The van der Waals surface area contributed by atoms with Gasteiger partial charge < -0.3 is 5.32 Å². The molecule has 17 heavy (non-hydrogen) atoms. The zero-order valence-electron chi connectivity index (χ0n) is 9.76. The van der Waals surface area contributed by atoms with Gasteiger partial charge in [0.2, 0.25) is 0 Å². The third-order valence-electron chi connectivity index (χ3n) is 1.40. The monoisotopic (exact) mass is 224 g/mol. The van der Waals surface area contributed by atoms with Crippen LogP contribution in [0, 0.1) is 11.8 Å². The molecule has 0 aliphatic carbocycles. The van der Waals surface area contributed by atoms with Crippen LogP contribution in [0.2, 0.25) is 0 Å². The average molecular weight is 224 g/mol. The normalized spacial score (nSPS) is 11.4. The van der Waals surface area contributed by atoms with Crippen LogP contribution in [0.5, 0.6) is 0 Å². The van der Waals surface area contributed by atoms with E-state index in [2.05, 4.69) is 41.9 Å². The first kappa shape index (κ1) is 14.5. The summed E-state index contributed by atoms with van der Waals surface area (Å²) in [4.78, 5) is 3.97. The van der Waals surface area contributed by atoms with Crippen LogP contribution in [0.4, 0.5) is 0 Å². The van der Waals surface area contributed by atoms with Crippen molar-refractivity contribution in [3.05, 3.63) is 74.3 Å². The molecule has 0 aromatic carbocycles. The van der Waals surface area contributed by atoms with E-state index in [-0.39, 0.29) is 0 Å². The van der Waals surface area contributed by atoms with Gasteiger partial charge in [0.05, 0.1) is 6.20 Å². The van der Waals surface area contributed by atoms with Crippen molar-refractivity contribution in [2.24, 2.45) is 4.99 Å². The third-order valence-corrected chi connectivity index (χ3v) is 1.40. The van der Waals surface area contributed by atoms with Crippen molar-refractivity contribution in [3.63, 3.8) is 0 Å². The van der Waals surface area contributed by atoms with Crippen molar-refractivity contribution in [2.45, 2.75) is 0 Å². The number of aliphatic imine (C=N–C) groups is 1. The lowest BCUT2D eigenvalue weighted by atomic mass is 10.4. The Balaban J connectivity index is 4.53. The Labute approximate surface area is 103 Å². The van der Waals surface area contributed by atoms with E-state index in [4.69, 9.17) is 0 Å². The number of nitrogens with zero attached hydrogens (tertiary/aromatic N) is 1. The van der Waals surface area contributed by atoms with Gasteiger partial charge in [-0.3, -0.25) is 4.99 Å². The van der Waals surface area contributed by atoms with Gasteiger partial charge in [-0.25, -0.2) is 0 Å². The summed E-state index contributed by atoms with van der Waals surface area (Å²) in [6.45, 7) is 10.7. The Hall–Kier alpha value is -2.53. The standard InChI is InChI=1S/C15H16N2/c1-4-7-8-9-10-11-12-15(17-6-3)14-16-13-5-2/h4-10,13-14,17H,1-3H2/b8-7-,10-9+,15-14-,16-13+. The van der Waals surface area contributed by atoms with E-state index >= 15 is 0 Å². The topological polar surface area (TPSA) is 24.4 Å². The van der Waals surface area contributed by atoms with Crippen molar-refractivity contribution in [1.29, 1.82) is 0 Å². The quantitative estimate of drug-likeness (QED) is 0.418. The fourth-order valence-electron chi connectivity index (χ4n) is 0.760. The van der Waals surface area contributed by atoms with Crippen LogP contribution in [0.1, 0.15) is 0 Å². The average Bonchev–Trinajstić information content (AvgIpc) is 2.34. The Morgan fingerprint density at radius 1 is 1.06 bits per heavy atom. The zero-order valence-corrected chi connectivity index (χ0v) is 9.76. The number of rotatable bonds is 6. The van der Waals surface area contributed by atoms with E-state index in [0.29, 0.717) is 5.70 Å². The molecule has 1 N–H and O–H groups in total. The van der Waals surface area contributed by atoms with Crippen LogP contribution in [-0.4, -0.2) is 6.21 Å². The van der Waals surface area contributed by atoms with E-state index in [1.807, 2.05) is 18.2 Å². The lowest BCUT2D eigenvalue weighted by Crippen LogP contribution is -2.00. The minimum Gasteiger partial charge on any atom is -0.354 e. The highest BCUT2D eigenvalue weighted by Gasteiger charge is 1.83. The summed E-state index contributed by atoms with van der Waals surface area (Å²) < 4.78 is 0. The van der Waals surface area contributed by atoms with E-state index in [1.54, 1.807) is 36.8 Å². The Morgan fingerprint density at radius 2 is 1.88 bits per heavy atom. The Morgan fingerprint density at radius 3 is 2.53 bits per heavy atom. The second kappa shape index (κ2) is 11.5. The molecule has 0 heterocycles. The summed E-state index contributed by atoms with van der Waals surface area (Å²) >= 11 is 0. The molecule has 0 fully saturated rings. The van der Waals surface area contributed by atoms with Gasteiger partial charge >= 0.3 is 0 Å². The number of hydrogen-bond acceptors (Lipinski definition) is 2. The largest absolute Gasteiger partial charge is 0.354 e. The molecule has 0 aromatic heterocycles. The summed E-state index contributed by atoms with van der Waals surface area (Å²) in [5.74, 6) is 5.75. The Bertz CT molecular complexity index is 424. The van der Waals surface area contributed by atoms with Crippen LogP contribution in [-0.2, 0) is 0 Å². The fourth-order valence-corrected chi connectivity index (χ4v) is 0.760. The van der Waals surface area contributed by atoms with Gasteiger partial charge in [0.15, 0.2) is 0 Å². The van der Waals surface area contributed by atoms with Crippen LogP contribution < -0.4 is 5.32 Å². The van der Waals surface area contributed by atoms with Gasteiger partial charge in [0.25, 0.3) is 0 Å². The van der Waals surface area contributed by atoms with Gasteiger partial charge in [-0.15, -0.1) is 0 Å². The zero-order chi connectivity index (χ0) is 12.8. The highest BCUT2D eigenvalue weighted by Crippen LogP contribution is 1.87. The van der Waals surface area contributed by atoms with Gasteiger partial charge in [-0.05, 0) is 18.2 Å². The molecule has 0 saturated carbocycles. The summed E-state index contributed by atoms with van der Waals surface area (Å²) in [6, 6.07) is 0. The lowest BCUT2D eigenvalue weighted by Gasteiger charge is -1.94. The number of hydrogen-bond donors (Lipinski definition) is 1. The van der Waals surface area contributed by atoms with Crippen molar-refractivity contribution < 1.29 is 0 Å². The summed E-state index contributed by atoms with van der Waals surface area (Å²) in [7, 11) is 0. The maximum absolute atomic E-state index is 3.97. The van der Waals surface area contributed by atoms with Crippen molar-refractivity contribution >= 4 is 6.21 Å². The number of allylic oxidation sites excluding steroid dienone is 7. The van der Waals surface area contributed by atoms with Gasteiger partial charge in [-0.1, -0.05) is 56.0 Å². The van der Waals surface area contributed by atoms with Crippen LogP contribution in [0.3, 0.4) is 0 Å². The van der Waals surface area contributed by atoms with Gasteiger partial charge in [0, 0.05) is 6.21 Å². The molecule has 0 atom stereocenters. The molecule has 0 aliphatic heterocycles. The summed E-state index contributed by atoms with van der Waals surface area (Å²) in [5.41, 5.74) is 0.662. The first-order chi connectivity index (χ1) is 8.35. The molecule has 2 heteroatoms. The minimum absolute atomic E-state index is 0.662. The predicted molar refractivity (Wildman–Crippen MR) is 76.4 cm³/mol. The SMILES string of the molecule is C=C/C=C\C=C\C#C/C(=C/N=C/C=C)NC=C. The van der Waals surface area contributed by atoms with Crippen LogP contribution in [0.25, 0.3) is 0 Å². The molecule has 86 valence electrons. The van der Waals surface area contributed by atoms with E-state index in [1.165, 1.54) is 0 Å². The van der Waals surface area contributed by atoms with E-state index in [9.17, 15) is 0 Å². The first-order valence-electron chi connectivity index (χ1n) is 5.02. The fraction of sp³-hybridized carbons (Fsp3) is 0. The van der Waals surface area contributed by atoms with Crippen LogP contribution in [0.15, 0.2) is 79.3 Å². The minimum atomic E-state index is 0.662. The highest BCUT2D eigenvalue weighted by atomic mass is 14.9. The molecule has 0 amide bonds. The molecule has 0 aliphatic rings. The molecule has 2 nitrogen and oxygen atoms in total. The van der Waals surface area contributed by atoms with Gasteiger partial charge in [0.1, 0.15) is 5.70 Å². The highest BCUT2D eigenvalue weighted by molar-refractivity contribution is 5.70. The van der Waals surface area contributed by atoms with Gasteiger partial charge in [-0.2, -0.15) is 0 Å². The van der Waals surface area contributed by atoms with Crippen molar-refractivity contribution in [3.8, 4) is 11.8 Å². The van der Waals surface area contributed by atoms with E-state index in [0.717, 1.165) is 0 Å². The van der Waals surface area contributed by atoms with Crippen molar-refractivity contribution in [1.82, 2.24) is 5.32 Å². The molecule has 0 aromatic rings. The maximum Gasteiger partial charge on any atom is 0.108 e. The Kier molecular flexibility index (Phi) is 9.83. The van der Waals surface area contributed by atoms with E-state index < -0.39 is 0 Å². The third kappa shape index (κ3) is 9.77. The summed E-state index contributed by atoms with van der Waals surface area (Å²) in [6.07, 6.45) is 15.3. The lowest BCUT2D eigenvalue weighted by molar-refractivity contribution is 1.12. The molecule has 0 bridgehead atoms. The molecular weight excluding hydrogens is 208 g/mol. The van der Waals surface area contributed by atoms with Crippen LogP contribution >= 0.6 is 0 Å². The molecule has 0 radical (unpaired) electrons. The second-order valence-electron chi connectivity index (χ2n) is 2.67. The summed E-state index contributed by atoms with van der Waals surface area (Å²) in [5, 5.41) is 2.88. The first-order valence-corrected chi connectivity index (χ1v) is 5.02. The molecule has 0 spiro atoms. The smallest absolute Gasteiger partial charge is 0.108 e. The molecule has 0 saturated heterocycles.